The summed E-state index contributed by atoms with van der Waals surface area (Å²) >= 11 is 0. The van der Waals surface area contributed by atoms with Gasteiger partial charge in [-0.2, -0.15) is 5.10 Å². The van der Waals surface area contributed by atoms with E-state index in [0.29, 0.717) is 13.2 Å². The monoisotopic (exact) mass is 329 g/mol. The van der Waals surface area contributed by atoms with E-state index in [9.17, 15) is 0 Å². The van der Waals surface area contributed by atoms with E-state index in [4.69, 9.17) is 4.74 Å². The normalized spacial score (nSPS) is 11.8. The smallest absolute Gasteiger partial charge is 0.191 e. The Labute approximate surface area is 143 Å². The number of aryl methyl sites for hydroxylation is 1. The summed E-state index contributed by atoms with van der Waals surface area (Å²) in [5.41, 5.74) is 3.49. The zero-order valence-electron chi connectivity index (χ0n) is 14.9. The lowest BCUT2D eigenvalue weighted by Gasteiger charge is -2.12. The molecule has 0 aliphatic carbocycles. The van der Waals surface area contributed by atoms with Crippen molar-refractivity contribution in [1.82, 2.24) is 20.4 Å². The fourth-order valence-electron chi connectivity index (χ4n) is 2.17. The van der Waals surface area contributed by atoms with Gasteiger partial charge in [0.05, 0.1) is 24.9 Å². The van der Waals surface area contributed by atoms with Crippen LogP contribution in [0.5, 0.6) is 0 Å². The van der Waals surface area contributed by atoms with Crippen LogP contribution in [-0.2, 0) is 31.5 Å². The third-order valence-corrected chi connectivity index (χ3v) is 3.65. The van der Waals surface area contributed by atoms with E-state index in [1.54, 1.807) is 13.2 Å². The average Bonchev–Trinajstić information content (AvgIpc) is 2.99. The molecule has 6 heteroatoms. The number of aromatic nitrogens is 2. The van der Waals surface area contributed by atoms with Crippen molar-refractivity contribution in [1.29, 1.82) is 0 Å². The van der Waals surface area contributed by atoms with Crippen LogP contribution in [0, 0.1) is 0 Å². The molecular formula is C18H27N5O. The molecule has 1 aromatic heterocycles. The molecule has 0 radical (unpaired) electrons. The summed E-state index contributed by atoms with van der Waals surface area (Å²) < 4.78 is 7.45. The first kappa shape index (κ1) is 18.0. The van der Waals surface area contributed by atoms with Gasteiger partial charge in [0.15, 0.2) is 5.96 Å². The van der Waals surface area contributed by atoms with Crippen molar-refractivity contribution in [2.75, 3.05) is 7.05 Å². The predicted molar refractivity (Wildman–Crippen MR) is 96.6 cm³/mol. The first-order valence-corrected chi connectivity index (χ1v) is 8.19. The Morgan fingerprint density at radius 3 is 2.38 bits per heavy atom. The zero-order valence-corrected chi connectivity index (χ0v) is 14.9. The second-order valence-corrected chi connectivity index (χ2v) is 5.90. The van der Waals surface area contributed by atoms with Gasteiger partial charge >= 0.3 is 0 Å². The Morgan fingerprint density at radius 1 is 1.12 bits per heavy atom. The van der Waals surface area contributed by atoms with E-state index >= 15 is 0 Å². The first-order valence-electron chi connectivity index (χ1n) is 8.19. The van der Waals surface area contributed by atoms with E-state index in [-0.39, 0.29) is 6.10 Å². The molecule has 0 aliphatic heterocycles. The van der Waals surface area contributed by atoms with Gasteiger partial charge in [0, 0.05) is 26.8 Å². The Kier molecular flexibility index (Phi) is 6.81. The number of nitrogens with one attached hydrogen (secondary N) is 2. The number of hydrogen-bond donors (Lipinski definition) is 2. The van der Waals surface area contributed by atoms with Gasteiger partial charge in [-0.05, 0) is 31.0 Å². The van der Waals surface area contributed by atoms with E-state index in [1.165, 1.54) is 11.1 Å². The van der Waals surface area contributed by atoms with Crippen LogP contribution in [0.15, 0.2) is 41.5 Å². The lowest BCUT2D eigenvalue weighted by molar-refractivity contribution is 0.0657. The Hall–Kier alpha value is -2.34. The minimum atomic E-state index is 0.250. The topological polar surface area (TPSA) is 63.5 Å². The van der Waals surface area contributed by atoms with Crippen molar-refractivity contribution in [3.8, 4) is 0 Å². The number of nitrogens with zero attached hydrogens (tertiary/aromatic N) is 3. The number of guanidine groups is 1. The quantitative estimate of drug-likeness (QED) is 0.604. The molecule has 0 atom stereocenters. The van der Waals surface area contributed by atoms with Gasteiger partial charge in [-0.1, -0.05) is 24.3 Å². The van der Waals surface area contributed by atoms with Gasteiger partial charge in [-0.3, -0.25) is 9.67 Å². The van der Waals surface area contributed by atoms with E-state index < -0.39 is 0 Å². The molecule has 0 saturated heterocycles. The highest BCUT2D eigenvalue weighted by molar-refractivity contribution is 5.79. The van der Waals surface area contributed by atoms with Crippen LogP contribution in [0.1, 0.15) is 30.7 Å². The standard InChI is InChI=1S/C18H27N5O/c1-14(2)24-13-16-7-5-15(6-8-16)11-20-18(19-3)21-12-17-9-10-22-23(17)4/h5-10,14H,11-13H2,1-4H3,(H2,19,20,21). The summed E-state index contributed by atoms with van der Waals surface area (Å²) in [7, 11) is 3.70. The van der Waals surface area contributed by atoms with Crippen LogP contribution in [0.3, 0.4) is 0 Å². The van der Waals surface area contributed by atoms with Crippen LogP contribution in [0.25, 0.3) is 0 Å². The van der Waals surface area contributed by atoms with Crippen LogP contribution in [-0.4, -0.2) is 28.9 Å². The molecule has 6 nitrogen and oxygen atoms in total. The van der Waals surface area contributed by atoms with E-state index in [0.717, 1.165) is 18.2 Å². The molecule has 0 amide bonds. The van der Waals surface area contributed by atoms with Gasteiger partial charge in [-0.15, -0.1) is 0 Å². The van der Waals surface area contributed by atoms with Gasteiger partial charge in [0.25, 0.3) is 0 Å². The molecule has 130 valence electrons. The van der Waals surface area contributed by atoms with Crippen molar-refractivity contribution in [2.24, 2.45) is 12.0 Å². The summed E-state index contributed by atoms with van der Waals surface area (Å²) in [5.74, 6) is 0.767. The predicted octanol–water partition coefficient (Wildman–Crippen LogP) is 2.21. The van der Waals surface area contributed by atoms with Crippen molar-refractivity contribution in [2.45, 2.75) is 39.6 Å². The van der Waals surface area contributed by atoms with Crippen molar-refractivity contribution in [3.05, 3.63) is 53.3 Å². The maximum atomic E-state index is 5.61. The molecule has 1 heterocycles. The number of benzene rings is 1. The maximum absolute atomic E-state index is 5.61. The van der Waals surface area contributed by atoms with Crippen LogP contribution >= 0.6 is 0 Å². The average molecular weight is 329 g/mol. The summed E-state index contributed by atoms with van der Waals surface area (Å²) in [6.07, 6.45) is 2.04. The third-order valence-electron chi connectivity index (χ3n) is 3.65. The second kappa shape index (κ2) is 9.08. The number of aliphatic imine (C=N–C) groups is 1. The molecule has 0 spiro atoms. The summed E-state index contributed by atoms with van der Waals surface area (Å²) in [6.45, 7) is 6.14. The summed E-state index contributed by atoms with van der Waals surface area (Å²) in [4.78, 5) is 4.24. The van der Waals surface area contributed by atoms with Crippen molar-refractivity contribution in [3.63, 3.8) is 0 Å². The SMILES string of the molecule is CN=C(NCc1ccc(COC(C)C)cc1)NCc1ccnn1C. The van der Waals surface area contributed by atoms with Crippen LogP contribution in [0.2, 0.25) is 0 Å². The second-order valence-electron chi connectivity index (χ2n) is 5.90. The van der Waals surface area contributed by atoms with Gasteiger partial charge in [-0.25, -0.2) is 0 Å². The van der Waals surface area contributed by atoms with Gasteiger partial charge in [0.1, 0.15) is 0 Å². The Morgan fingerprint density at radius 2 is 1.79 bits per heavy atom. The number of rotatable bonds is 7. The minimum absolute atomic E-state index is 0.250. The molecule has 2 N–H and O–H groups in total. The Bertz CT molecular complexity index is 646. The lowest BCUT2D eigenvalue weighted by Crippen LogP contribution is -2.36. The lowest BCUT2D eigenvalue weighted by atomic mass is 10.1. The first-order chi connectivity index (χ1) is 11.6. The fourth-order valence-corrected chi connectivity index (χ4v) is 2.17. The van der Waals surface area contributed by atoms with Gasteiger partial charge in [0.2, 0.25) is 0 Å². The number of ether oxygens (including phenoxy) is 1. The largest absolute Gasteiger partial charge is 0.374 e. The molecule has 1 aromatic carbocycles. The molecule has 24 heavy (non-hydrogen) atoms. The maximum Gasteiger partial charge on any atom is 0.191 e. The molecule has 0 aliphatic rings. The highest BCUT2D eigenvalue weighted by Gasteiger charge is 2.02. The van der Waals surface area contributed by atoms with Crippen LogP contribution in [0.4, 0.5) is 0 Å². The molecule has 0 bridgehead atoms. The highest BCUT2D eigenvalue weighted by atomic mass is 16.5. The molecule has 0 unspecified atom stereocenters. The van der Waals surface area contributed by atoms with Gasteiger partial charge < -0.3 is 15.4 Å². The molecule has 2 aromatic rings. The van der Waals surface area contributed by atoms with Crippen molar-refractivity contribution >= 4 is 5.96 Å². The molecule has 2 rings (SSSR count). The van der Waals surface area contributed by atoms with Crippen LogP contribution < -0.4 is 10.6 Å². The summed E-state index contributed by atoms with van der Waals surface area (Å²) in [6, 6.07) is 10.4. The molecule has 0 fully saturated rings. The minimum Gasteiger partial charge on any atom is -0.374 e. The fraction of sp³-hybridized carbons (Fsp3) is 0.444. The molecule has 0 saturated carbocycles. The van der Waals surface area contributed by atoms with E-state index in [2.05, 4.69) is 45.0 Å². The summed E-state index contributed by atoms with van der Waals surface area (Å²) in [5, 5.41) is 10.8. The third kappa shape index (κ3) is 5.70. The molecular weight excluding hydrogens is 302 g/mol. The van der Waals surface area contributed by atoms with E-state index in [1.807, 2.05) is 31.6 Å². The number of hydrogen-bond acceptors (Lipinski definition) is 3. The zero-order chi connectivity index (χ0) is 17.4. The Balaban J connectivity index is 1.79. The van der Waals surface area contributed by atoms with Crippen molar-refractivity contribution < 1.29 is 4.74 Å². The highest BCUT2D eigenvalue weighted by Crippen LogP contribution is 2.07.